The summed E-state index contributed by atoms with van der Waals surface area (Å²) in [6.07, 6.45) is -5.66. The molecule has 2 unspecified atom stereocenters. The molecule has 4 atom stereocenters. The number of nitrogens with one attached hydrogen (secondary N) is 3. The zero-order valence-corrected chi connectivity index (χ0v) is 24.4. The van der Waals surface area contributed by atoms with Crippen LogP contribution in [0.1, 0.15) is 73.1 Å². The van der Waals surface area contributed by atoms with Crippen molar-refractivity contribution in [3.8, 4) is 5.75 Å². The van der Waals surface area contributed by atoms with Crippen molar-refractivity contribution in [1.29, 1.82) is 5.41 Å². The Labute approximate surface area is 249 Å². The number of alkyl halides is 3. The van der Waals surface area contributed by atoms with Gasteiger partial charge < -0.3 is 20.1 Å². The lowest BCUT2D eigenvalue weighted by molar-refractivity contribution is -0.201. The Kier molecular flexibility index (Phi) is 8.98. The second kappa shape index (κ2) is 12.5. The van der Waals surface area contributed by atoms with Gasteiger partial charge in [-0.3, -0.25) is 24.8 Å². The molecular weight excluding hydrogens is 563 g/mol. The highest BCUT2D eigenvalue weighted by molar-refractivity contribution is 6.00. The zero-order chi connectivity index (χ0) is 30.8. The summed E-state index contributed by atoms with van der Waals surface area (Å²) in [5, 5.41) is 14.7. The number of morpholine rings is 1. The van der Waals surface area contributed by atoms with E-state index in [4.69, 9.17) is 14.9 Å². The van der Waals surface area contributed by atoms with Crippen LogP contribution >= 0.6 is 0 Å². The molecule has 2 fully saturated rings. The first-order valence-electron chi connectivity index (χ1n) is 14.7. The molecule has 0 aliphatic carbocycles. The number of benzene rings is 2. The fourth-order valence-corrected chi connectivity index (χ4v) is 5.94. The van der Waals surface area contributed by atoms with Gasteiger partial charge in [-0.25, -0.2) is 0 Å². The van der Waals surface area contributed by atoms with E-state index < -0.39 is 42.2 Å². The smallest absolute Gasteiger partial charge is 0.425 e. The Bertz CT molecular complexity index is 1330. The van der Waals surface area contributed by atoms with Gasteiger partial charge in [-0.15, -0.1) is 0 Å². The van der Waals surface area contributed by atoms with Crippen LogP contribution in [0.15, 0.2) is 48.5 Å². The summed E-state index contributed by atoms with van der Waals surface area (Å²) in [5.41, 5.74) is 0.883. The Morgan fingerprint density at radius 3 is 2.63 bits per heavy atom. The molecule has 0 radical (unpaired) electrons. The van der Waals surface area contributed by atoms with Crippen molar-refractivity contribution in [2.24, 2.45) is 0 Å². The third-order valence-corrected chi connectivity index (χ3v) is 8.60. The maximum atomic E-state index is 13.6. The highest BCUT2D eigenvalue weighted by Crippen LogP contribution is 2.40. The van der Waals surface area contributed by atoms with Crippen molar-refractivity contribution in [3.05, 3.63) is 65.2 Å². The lowest BCUT2D eigenvalue weighted by Gasteiger charge is -2.44. The SMILES string of the molecule is CCC1(C)CC(=O)N(C(CCN2CCOCC2)c2cccc(C(=O)N[C@H]3C[C@H](C(F)(F)F)Oc4ccccc43)c2)C(=N)N1. The Hall–Kier alpha value is -3.64. The number of nitrogens with zero attached hydrogens (tertiary/aromatic N) is 2. The molecule has 232 valence electrons. The minimum atomic E-state index is -4.59. The van der Waals surface area contributed by atoms with Crippen molar-refractivity contribution in [2.45, 2.75) is 69.4 Å². The van der Waals surface area contributed by atoms with E-state index in [2.05, 4.69) is 15.5 Å². The zero-order valence-electron chi connectivity index (χ0n) is 24.4. The van der Waals surface area contributed by atoms with Gasteiger partial charge in [0.05, 0.1) is 31.7 Å². The predicted molar refractivity (Wildman–Crippen MR) is 154 cm³/mol. The van der Waals surface area contributed by atoms with Gasteiger partial charge >= 0.3 is 6.18 Å². The van der Waals surface area contributed by atoms with Crippen LogP contribution in [0.3, 0.4) is 0 Å². The molecule has 0 spiro atoms. The first-order chi connectivity index (χ1) is 20.5. The van der Waals surface area contributed by atoms with Gasteiger partial charge in [0.1, 0.15) is 5.75 Å². The van der Waals surface area contributed by atoms with Gasteiger partial charge in [0.2, 0.25) is 5.91 Å². The number of hydrogen-bond acceptors (Lipinski definition) is 6. The molecule has 3 heterocycles. The van der Waals surface area contributed by atoms with E-state index in [0.29, 0.717) is 43.7 Å². The molecule has 2 aromatic rings. The number of guanidine groups is 1. The van der Waals surface area contributed by atoms with Crippen LogP contribution in [0.2, 0.25) is 0 Å². The third kappa shape index (κ3) is 6.96. The van der Waals surface area contributed by atoms with E-state index in [0.717, 1.165) is 13.1 Å². The molecule has 43 heavy (non-hydrogen) atoms. The van der Waals surface area contributed by atoms with Crippen LogP contribution in [0.25, 0.3) is 0 Å². The summed E-state index contributed by atoms with van der Waals surface area (Å²) in [5.74, 6) is -0.605. The lowest BCUT2D eigenvalue weighted by Crippen LogP contribution is -2.61. The van der Waals surface area contributed by atoms with Gasteiger partial charge in [-0.2, -0.15) is 13.2 Å². The largest absolute Gasteiger partial charge is 0.480 e. The van der Waals surface area contributed by atoms with E-state index in [9.17, 15) is 22.8 Å². The summed E-state index contributed by atoms with van der Waals surface area (Å²) in [6, 6.07) is 11.7. The number of para-hydroxylation sites is 1. The topological polar surface area (TPSA) is 107 Å². The molecule has 2 saturated heterocycles. The van der Waals surface area contributed by atoms with E-state index in [-0.39, 0.29) is 29.6 Å². The number of carbonyl (C=O) groups is 2. The number of halogens is 3. The lowest BCUT2D eigenvalue weighted by atomic mass is 9.90. The van der Waals surface area contributed by atoms with Crippen molar-refractivity contribution < 1.29 is 32.2 Å². The molecule has 0 saturated carbocycles. The highest BCUT2D eigenvalue weighted by atomic mass is 19.4. The normalized spacial score (nSPS) is 25.4. The molecular formula is C31H38F3N5O4. The van der Waals surface area contributed by atoms with Gasteiger partial charge in [0.15, 0.2) is 12.1 Å². The van der Waals surface area contributed by atoms with Crippen molar-refractivity contribution in [2.75, 3.05) is 32.8 Å². The van der Waals surface area contributed by atoms with Gasteiger partial charge in [-0.1, -0.05) is 37.3 Å². The first-order valence-corrected chi connectivity index (χ1v) is 14.7. The molecule has 2 amide bonds. The van der Waals surface area contributed by atoms with E-state index >= 15 is 0 Å². The van der Waals surface area contributed by atoms with E-state index in [1.165, 1.54) is 11.0 Å². The van der Waals surface area contributed by atoms with Gasteiger partial charge in [0.25, 0.3) is 5.91 Å². The second-order valence-electron chi connectivity index (χ2n) is 11.7. The van der Waals surface area contributed by atoms with Crippen LogP contribution in [0, 0.1) is 5.41 Å². The van der Waals surface area contributed by atoms with Crippen LogP contribution in [-0.2, 0) is 9.53 Å². The Morgan fingerprint density at radius 1 is 1.19 bits per heavy atom. The number of amides is 2. The van der Waals surface area contributed by atoms with Crippen LogP contribution in [0.4, 0.5) is 13.2 Å². The molecule has 12 heteroatoms. The molecule has 3 N–H and O–H groups in total. The second-order valence-corrected chi connectivity index (χ2v) is 11.7. The van der Waals surface area contributed by atoms with E-state index in [1.807, 2.05) is 19.9 Å². The summed E-state index contributed by atoms with van der Waals surface area (Å²) >= 11 is 0. The maximum Gasteiger partial charge on any atom is 0.425 e. The number of rotatable bonds is 8. The minimum absolute atomic E-state index is 0.0134. The van der Waals surface area contributed by atoms with Gasteiger partial charge in [0, 0.05) is 42.7 Å². The van der Waals surface area contributed by atoms with Crippen LogP contribution in [-0.4, -0.2) is 78.2 Å². The van der Waals surface area contributed by atoms with Crippen molar-refractivity contribution >= 4 is 17.8 Å². The standard InChI is InChI=1S/C31H38F3N5O4/c1-3-30(2)19-27(40)39(29(35)37-30)24(11-12-38-13-15-42-16-14-38)20-7-6-8-21(17-20)28(41)36-23-18-26(31(32,33)34)43-25-10-5-4-9-22(23)25/h4-10,17,23-24,26H,3,11-16,18-19H2,1-2H3,(H2,35,37)(H,36,41)/t23-,24?,26+,30?/m0/s1. The summed E-state index contributed by atoms with van der Waals surface area (Å²) in [6.45, 7) is 7.32. The summed E-state index contributed by atoms with van der Waals surface area (Å²) in [7, 11) is 0. The van der Waals surface area contributed by atoms with Crippen LogP contribution < -0.4 is 15.4 Å². The minimum Gasteiger partial charge on any atom is -0.480 e. The van der Waals surface area contributed by atoms with Crippen molar-refractivity contribution in [3.63, 3.8) is 0 Å². The average molecular weight is 602 g/mol. The molecule has 3 aliphatic rings. The monoisotopic (exact) mass is 601 g/mol. The van der Waals surface area contributed by atoms with Gasteiger partial charge in [-0.05, 0) is 43.5 Å². The number of fused-ring (bicyclic) bond motifs is 1. The number of hydrogen-bond donors (Lipinski definition) is 3. The number of ether oxygens (including phenoxy) is 2. The molecule has 0 aromatic heterocycles. The van der Waals surface area contributed by atoms with E-state index in [1.54, 1.807) is 36.4 Å². The summed E-state index contributed by atoms with van der Waals surface area (Å²) in [4.78, 5) is 30.7. The molecule has 3 aliphatic heterocycles. The quantitative estimate of drug-likeness (QED) is 0.410. The number of carbonyl (C=O) groups excluding carboxylic acids is 2. The molecule has 5 rings (SSSR count). The maximum absolute atomic E-state index is 13.6. The molecule has 9 nitrogen and oxygen atoms in total. The highest BCUT2D eigenvalue weighted by Gasteiger charge is 2.46. The third-order valence-electron chi connectivity index (χ3n) is 8.60. The van der Waals surface area contributed by atoms with Crippen LogP contribution in [0.5, 0.6) is 5.75 Å². The summed E-state index contributed by atoms with van der Waals surface area (Å²) < 4.78 is 51.5. The molecule has 0 bridgehead atoms. The van der Waals surface area contributed by atoms with Crippen molar-refractivity contribution in [1.82, 2.24) is 20.4 Å². The first kappa shape index (κ1) is 30.8. The fraction of sp³-hybridized carbons (Fsp3) is 0.516. The fourth-order valence-electron chi connectivity index (χ4n) is 5.94. The Morgan fingerprint density at radius 2 is 1.93 bits per heavy atom. The Balaban J connectivity index is 1.40. The average Bonchev–Trinajstić information content (AvgIpc) is 2.98. The molecule has 2 aromatic carbocycles. The predicted octanol–water partition coefficient (Wildman–Crippen LogP) is 4.56.